The van der Waals surface area contributed by atoms with E-state index < -0.39 is 0 Å². The third-order valence-electron chi connectivity index (χ3n) is 3.60. The average Bonchev–Trinajstić information content (AvgIpc) is 2.65. The Bertz CT molecular complexity index is 634. The van der Waals surface area contributed by atoms with E-state index in [4.69, 9.17) is 22.3 Å². The Morgan fingerprint density at radius 3 is 1.35 bits per heavy atom. The third kappa shape index (κ3) is 6.20. The van der Waals surface area contributed by atoms with Crippen molar-refractivity contribution >= 4 is 44.9 Å². The predicted molar refractivity (Wildman–Crippen MR) is 116 cm³/mol. The highest BCUT2D eigenvalue weighted by atomic mass is 33.1. The molecule has 0 aromatic heterocycles. The van der Waals surface area contributed by atoms with Crippen molar-refractivity contribution in [3.63, 3.8) is 0 Å². The molecule has 2 rings (SSSR count). The van der Waals surface area contributed by atoms with Gasteiger partial charge in [-0.2, -0.15) is 0 Å². The van der Waals surface area contributed by atoms with Crippen molar-refractivity contribution in [2.45, 2.75) is 0 Å². The Kier molecular flexibility index (Phi) is 8.17. The first-order valence-corrected chi connectivity index (χ1v) is 10.7. The maximum Gasteiger partial charge on any atom is 0.192 e. The normalized spacial score (nSPS) is 10.3. The molecule has 2 aromatic carbocycles. The molecule has 0 fully saturated rings. The molecule has 2 aromatic rings. The zero-order chi connectivity index (χ0) is 18.8. The number of nitrogens with one attached hydrogen (secondary N) is 2. The van der Waals surface area contributed by atoms with Crippen molar-refractivity contribution in [2.75, 3.05) is 34.4 Å². The van der Waals surface area contributed by atoms with E-state index in [1.807, 2.05) is 60.7 Å². The molecule has 26 heavy (non-hydrogen) atoms. The molecule has 0 aliphatic heterocycles. The maximum atomic E-state index is 7.75. The molecule has 0 unspecified atom stereocenters. The van der Waals surface area contributed by atoms with E-state index in [0.29, 0.717) is 13.1 Å². The lowest BCUT2D eigenvalue weighted by Gasteiger charge is -2.23. The summed E-state index contributed by atoms with van der Waals surface area (Å²) in [6, 6.07) is 19.4. The van der Waals surface area contributed by atoms with Crippen LogP contribution in [0.4, 0.5) is 11.4 Å². The molecule has 0 aliphatic rings. The van der Waals surface area contributed by atoms with E-state index in [1.165, 1.54) is 0 Å². The molecule has 0 atom stereocenters. The minimum Gasteiger partial charge on any atom is -0.370 e. The predicted octanol–water partition coefficient (Wildman–Crippen LogP) is 3.17. The van der Waals surface area contributed by atoms with Crippen LogP contribution in [0.5, 0.6) is 0 Å². The van der Waals surface area contributed by atoms with Gasteiger partial charge in [-0.15, -0.1) is 0 Å². The standard InChI is InChI=1S/C18H24N6S2/c19-17(20)23(15-7-3-1-4-8-15)11-13-25-26-14-12-24(18(21)22)16-9-5-2-6-10-16/h1-10H,11-14H2,(H3,19,20)(H3,21,22). The van der Waals surface area contributed by atoms with Gasteiger partial charge in [0.25, 0.3) is 0 Å². The van der Waals surface area contributed by atoms with Crippen LogP contribution in [-0.2, 0) is 0 Å². The second kappa shape index (κ2) is 10.6. The van der Waals surface area contributed by atoms with Gasteiger partial charge >= 0.3 is 0 Å². The maximum absolute atomic E-state index is 7.75. The molecule has 0 aliphatic carbocycles. The molecule has 0 spiro atoms. The van der Waals surface area contributed by atoms with Crippen molar-refractivity contribution in [3.8, 4) is 0 Å². The van der Waals surface area contributed by atoms with Gasteiger partial charge in [0.05, 0.1) is 0 Å². The van der Waals surface area contributed by atoms with Crippen molar-refractivity contribution < 1.29 is 0 Å². The van der Waals surface area contributed by atoms with Crippen LogP contribution >= 0.6 is 21.6 Å². The van der Waals surface area contributed by atoms with Crippen molar-refractivity contribution in [1.82, 2.24) is 0 Å². The number of nitrogens with zero attached hydrogens (tertiary/aromatic N) is 2. The summed E-state index contributed by atoms with van der Waals surface area (Å²) in [6.07, 6.45) is 0. The van der Waals surface area contributed by atoms with E-state index in [-0.39, 0.29) is 11.9 Å². The summed E-state index contributed by atoms with van der Waals surface area (Å²) in [6.45, 7) is 1.35. The van der Waals surface area contributed by atoms with Gasteiger partial charge in [-0.3, -0.25) is 10.8 Å². The molecule has 6 N–H and O–H groups in total. The number of hydrogen-bond donors (Lipinski definition) is 4. The fourth-order valence-electron chi connectivity index (χ4n) is 2.37. The largest absolute Gasteiger partial charge is 0.370 e. The fourth-order valence-corrected chi connectivity index (χ4v) is 4.27. The van der Waals surface area contributed by atoms with E-state index in [2.05, 4.69) is 0 Å². The Balaban J connectivity index is 1.74. The van der Waals surface area contributed by atoms with Crippen LogP contribution in [0.2, 0.25) is 0 Å². The van der Waals surface area contributed by atoms with Crippen LogP contribution in [0.3, 0.4) is 0 Å². The third-order valence-corrected chi connectivity index (χ3v) is 5.96. The summed E-state index contributed by atoms with van der Waals surface area (Å²) in [7, 11) is 3.45. The second-order valence-electron chi connectivity index (χ2n) is 5.39. The van der Waals surface area contributed by atoms with Gasteiger partial charge < -0.3 is 21.3 Å². The number of para-hydroxylation sites is 2. The Morgan fingerprint density at radius 2 is 1.04 bits per heavy atom. The summed E-state index contributed by atoms with van der Waals surface area (Å²) in [5.74, 6) is 1.78. The topological polar surface area (TPSA) is 106 Å². The van der Waals surface area contributed by atoms with Crippen LogP contribution in [0.25, 0.3) is 0 Å². The first-order valence-electron chi connectivity index (χ1n) is 8.17. The molecule has 0 radical (unpaired) electrons. The Labute approximate surface area is 162 Å². The number of anilines is 2. The van der Waals surface area contributed by atoms with Crippen LogP contribution in [0.1, 0.15) is 0 Å². The highest BCUT2D eigenvalue weighted by Gasteiger charge is 2.10. The molecule has 0 saturated heterocycles. The highest BCUT2D eigenvalue weighted by Crippen LogP contribution is 2.23. The summed E-state index contributed by atoms with van der Waals surface area (Å²) in [5.41, 5.74) is 13.2. The van der Waals surface area contributed by atoms with E-state index >= 15 is 0 Å². The quantitative estimate of drug-likeness (QED) is 0.228. The van der Waals surface area contributed by atoms with E-state index in [0.717, 1.165) is 22.9 Å². The molecular formula is C18H24N6S2. The van der Waals surface area contributed by atoms with E-state index in [1.54, 1.807) is 31.4 Å². The Morgan fingerprint density at radius 1 is 0.692 bits per heavy atom. The average molecular weight is 389 g/mol. The van der Waals surface area contributed by atoms with Crippen LogP contribution in [0, 0.1) is 10.8 Å². The second-order valence-corrected chi connectivity index (χ2v) is 8.09. The van der Waals surface area contributed by atoms with Crippen LogP contribution in [0.15, 0.2) is 60.7 Å². The van der Waals surface area contributed by atoms with Gasteiger partial charge in [0.15, 0.2) is 11.9 Å². The zero-order valence-corrected chi connectivity index (χ0v) is 16.1. The molecule has 6 nitrogen and oxygen atoms in total. The lowest BCUT2D eigenvalue weighted by Crippen LogP contribution is -2.38. The van der Waals surface area contributed by atoms with Crippen LogP contribution in [-0.4, -0.2) is 36.5 Å². The van der Waals surface area contributed by atoms with E-state index in [9.17, 15) is 0 Å². The molecule has 0 heterocycles. The number of hydrogen-bond acceptors (Lipinski definition) is 4. The molecule has 0 amide bonds. The highest BCUT2D eigenvalue weighted by molar-refractivity contribution is 8.76. The molecule has 0 saturated carbocycles. The monoisotopic (exact) mass is 388 g/mol. The number of rotatable bonds is 9. The summed E-state index contributed by atoms with van der Waals surface area (Å²) < 4.78 is 0. The molecule has 0 bridgehead atoms. The minimum atomic E-state index is 0.0497. The van der Waals surface area contributed by atoms with Gasteiger partial charge in [-0.05, 0) is 24.3 Å². The number of nitrogens with two attached hydrogens (primary N) is 2. The molecule has 8 heteroatoms. The lowest BCUT2D eigenvalue weighted by molar-refractivity contribution is 1.04. The first kappa shape index (κ1) is 20.0. The Hall–Kier alpha value is -2.32. The lowest BCUT2D eigenvalue weighted by atomic mass is 10.3. The molecular weight excluding hydrogens is 364 g/mol. The molecule has 138 valence electrons. The number of guanidine groups is 2. The number of benzene rings is 2. The van der Waals surface area contributed by atoms with Crippen molar-refractivity contribution in [2.24, 2.45) is 11.5 Å². The van der Waals surface area contributed by atoms with Crippen molar-refractivity contribution in [1.29, 1.82) is 10.8 Å². The summed E-state index contributed by atoms with van der Waals surface area (Å²) in [5, 5.41) is 15.5. The van der Waals surface area contributed by atoms with Gasteiger partial charge in [0.1, 0.15) is 0 Å². The zero-order valence-electron chi connectivity index (χ0n) is 14.5. The minimum absolute atomic E-state index is 0.0497. The van der Waals surface area contributed by atoms with Gasteiger partial charge in [-0.25, -0.2) is 0 Å². The summed E-state index contributed by atoms with van der Waals surface area (Å²) >= 11 is 0. The van der Waals surface area contributed by atoms with Crippen LogP contribution < -0.4 is 21.3 Å². The van der Waals surface area contributed by atoms with Gasteiger partial charge in [0, 0.05) is 36.0 Å². The summed E-state index contributed by atoms with van der Waals surface area (Å²) in [4.78, 5) is 3.58. The van der Waals surface area contributed by atoms with Gasteiger partial charge in [0.2, 0.25) is 0 Å². The smallest absolute Gasteiger partial charge is 0.192 e. The fraction of sp³-hybridized carbons (Fsp3) is 0.222. The van der Waals surface area contributed by atoms with Gasteiger partial charge in [-0.1, -0.05) is 58.0 Å². The SMILES string of the molecule is N=C(N)N(CCSSCCN(C(=N)N)c1ccccc1)c1ccccc1. The van der Waals surface area contributed by atoms with Crippen molar-refractivity contribution in [3.05, 3.63) is 60.7 Å². The first-order chi connectivity index (χ1) is 12.6.